The Morgan fingerprint density at radius 3 is 2.59 bits per heavy atom. The molecular weight excluding hydrogens is 346 g/mol. The molecule has 22 heavy (non-hydrogen) atoms. The standard InChI is InChI=1S/C13H27NO5S3/c1-11(10-21-20)19-13(8-14(2)22(3,15)16)9-18-12-4-6-17-7-5-12/h11-13,20H,4-10H2,1-3H3/t11-,13-/m0/s1. The van der Waals surface area contributed by atoms with E-state index in [0.29, 0.717) is 19.8 Å². The molecule has 0 bridgehead atoms. The van der Waals surface area contributed by atoms with E-state index in [4.69, 9.17) is 14.2 Å². The molecule has 0 N–H and O–H groups in total. The Bertz CT molecular complexity index is 400. The van der Waals surface area contributed by atoms with Crippen molar-refractivity contribution in [2.75, 3.05) is 45.4 Å². The van der Waals surface area contributed by atoms with Crippen LogP contribution >= 0.6 is 22.5 Å². The van der Waals surface area contributed by atoms with E-state index in [1.807, 2.05) is 6.92 Å². The quantitative estimate of drug-likeness (QED) is 0.462. The van der Waals surface area contributed by atoms with Crippen LogP contribution in [-0.2, 0) is 24.2 Å². The summed E-state index contributed by atoms with van der Waals surface area (Å²) < 4.78 is 41.6. The summed E-state index contributed by atoms with van der Waals surface area (Å²) in [6, 6.07) is 0. The van der Waals surface area contributed by atoms with Gasteiger partial charge in [0.2, 0.25) is 10.0 Å². The monoisotopic (exact) mass is 373 g/mol. The highest BCUT2D eigenvalue weighted by Crippen LogP contribution is 2.15. The van der Waals surface area contributed by atoms with E-state index < -0.39 is 10.0 Å². The molecule has 132 valence electrons. The van der Waals surface area contributed by atoms with Crippen molar-refractivity contribution in [3.63, 3.8) is 0 Å². The van der Waals surface area contributed by atoms with Crippen LogP contribution in [0.25, 0.3) is 0 Å². The first kappa shape index (κ1) is 20.5. The molecule has 0 saturated carbocycles. The van der Waals surface area contributed by atoms with Crippen molar-refractivity contribution in [1.29, 1.82) is 0 Å². The number of thiol groups is 1. The summed E-state index contributed by atoms with van der Waals surface area (Å²) in [6.07, 6.45) is 2.79. The first-order chi connectivity index (χ1) is 10.3. The fourth-order valence-corrected chi connectivity index (χ4v) is 3.47. The largest absolute Gasteiger partial charge is 0.381 e. The normalized spacial score (nSPS) is 20.2. The Hall–Kier alpha value is 0.490. The number of hydrogen-bond acceptors (Lipinski definition) is 7. The Balaban J connectivity index is 2.52. The number of sulfonamides is 1. The van der Waals surface area contributed by atoms with Crippen LogP contribution in [0.1, 0.15) is 19.8 Å². The maximum absolute atomic E-state index is 11.6. The van der Waals surface area contributed by atoms with Crippen molar-refractivity contribution in [3.8, 4) is 0 Å². The SMILES string of the molecule is C[C@@H](CSS)O[C@H](COC1CCOCC1)CN(C)S(C)(=O)=O. The third-order valence-corrected chi connectivity index (χ3v) is 5.79. The Morgan fingerprint density at radius 1 is 1.41 bits per heavy atom. The van der Waals surface area contributed by atoms with Gasteiger partial charge in [0.1, 0.15) is 0 Å². The fourth-order valence-electron chi connectivity index (χ4n) is 2.12. The number of ether oxygens (including phenoxy) is 3. The number of rotatable bonds is 10. The van der Waals surface area contributed by atoms with Crippen LogP contribution in [0.15, 0.2) is 0 Å². The average molecular weight is 374 g/mol. The molecule has 0 aromatic carbocycles. The predicted molar refractivity (Wildman–Crippen MR) is 93.0 cm³/mol. The van der Waals surface area contributed by atoms with Gasteiger partial charge in [-0.25, -0.2) is 12.7 Å². The van der Waals surface area contributed by atoms with E-state index >= 15 is 0 Å². The zero-order valence-electron chi connectivity index (χ0n) is 13.4. The molecule has 6 nitrogen and oxygen atoms in total. The van der Waals surface area contributed by atoms with Gasteiger partial charge in [0, 0.05) is 32.6 Å². The van der Waals surface area contributed by atoms with Gasteiger partial charge in [0.25, 0.3) is 0 Å². The number of likely N-dealkylation sites (N-methyl/N-ethyl adjacent to an activating group) is 1. The van der Waals surface area contributed by atoms with Gasteiger partial charge < -0.3 is 14.2 Å². The molecule has 1 aliphatic rings. The molecule has 1 aliphatic heterocycles. The van der Waals surface area contributed by atoms with Crippen molar-refractivity contribution in [2.24, 2.45) is 0 Å². The molecule has 0 spiro atoms. The van der Waals surface area contributed by atoms with Gasteiger partial charge in [-0.3, -0.25) is 0 Å². The van der Waals surface area contributed by atoms with E-state index in [1.165, 1.54) is 21.4 Å². The second-order valence-electron chi connectivity index (χ2n) is 5.55. The second-order valence-corrected chi connectivity index (χ2v) is 9.01. The second kappa shape index (κ2) is 10.4. The van der Waals surface area contributed by atoms with Crippen molar-refractivity contribution in [1.82, 2.24) is 4.31 Å². The van der Waals surface area contributed by atoms with E-state index in [2.05, 4.69) is 11.7 Å². The molecule has 0 aromatic heterocycles. The minimum atomic E-state index is -3.23. The molecule has 0 aromatic rings. The molecule has 9 heteroatoms. The fraction of sp³-hybridized carbons (Fsp3) is 1.00. The third kappa shape index (κ3) is 8.37. The summed E-state index contributed by atoms with van der Waals surface area (Å²) >= 11 is 4.12. The average Bonchev–Trinajstić information content (AvgIpc) is 2.45. The minimum Gasteiger partial charge on any atom is -0.381 e. The van der Waals surface area contributed by atoms with Gasteiger partial charge in [-0.15, -0.1) is 11.7 Å². The van der Waals surface area contributed by atoms with Crippen LogP contribution in [0, 0.1) is 0 Å². The summed E-state index contributed by atoms with van der Waals surface area (Å²) in [5, 5.41) is 0. The number of nitrogens with zero attached hydrogens (tertiary/aromatic N) is 1. The van der Waals surface area contributed by atoms with Gasteiger partial charge in [-0.2, -0.15) is 0 Å². The summed E-state index contributed by atoms with van der Waals surface area (Å²) in [5.41, 5.74) is 0. The summed E-state index contributed by atoms with van der Waals surface area (Å²) in [6.45, 7) is 4.04. The van der Waals surface area contributed by atoms with Crippen LogP contribution < -0.4 is 0 Å². The Labute approximate surface area is 143 Å². The summed E-state index contributed by atoms with van der Waals surface area (Å²) in [4.78, 5) is 0. The Morgan fingerprint density at radius 2 is 2.05 bits per heavy atom. The maximum atomic E-state index is 11.6. The molecule has 0 amide bonds. The van der Waals surface area contributed by atoms with Crippen LogP contribution in [-0.4, -0.2) is 76.5 Å². The van der Waals surface area contributed by atoms with Crippen molar-refractivity contribution >= 4 is 32.5 Å². The van der Waals surface area contributed by atoms with Gasteiger partial charge in [-0.1, -0.05) is 10.8 Å². The van der Waals surface area contributed by atoms with E-state index in [-0.39, 0.29) is 24.9 Å². The highest BCUT2D eigenvalue weighted by Gasteiger charge is 2.23. The topological polar surface area (TPSA) is 65.1 Å². The molecule has 1 fully saturated rings. The first-order valence-corrected chi connectivity index (χ1v) is 11.2. The molecule has 0 aliphatic carbocycles. The molecule has 1 saturated heterocycles. The molecule has 1 heterocycles. The third-order valence-electron chi connectivity index (χ3n) is 3.45. The lowest BCUT2D eigenvalue weighted by atomic mass is 10.1. The van der Waals surface area contributed by atoms with E-state index in [0.717, 1.165) is 18.6 Å². The van der Waals surface area contributed by atoms with Crippen molar-refractivity contribution in [3.05, 3.63) is 0 Å². The Kier molecular flexibility index (Phi) is 9.68. The lowest BCUT2D eigenvalue weighted by Gasteiger charge is -2.28. The predicted octanol–water partition coefficient (Wildman–Crippen LogP) is 1.43. The van der Waals surface area contributed by atoms with Gasteiger partial charge in [0.05, 0.1) is 31.2 Å². The molecule has 2 atom stereocenters. The first-order valence-electron chi connectivity index (χ1n) is 7.35. The highest BCUT2D eigenvalue weighted by molar-refractivity contribution is 8.68. The van der Waals surface area contributed by atoms with E-state index in [9.17, 15) is 8.42 Å². The van der Waals surface area contributed by atoms with Gasteiger partial charge in [0.15, 0.2) is 0 Å². The summed E-state index contributed by atoms with van der Waals surface area (Å²) in [7, 11) is -0.275. The van der Waals surface area contributed by atoms with E-state index in [1.54, 1.807) is 7.05 Å². The molecular formula is C13H27NO5S3. The van der Waals surface area contributed by atoms with Gasteiger partial charge >= 0.3 is 0 Å². The number of hydrogen-bond donors (Lipinski definition) is 1. The van der Waals surface area contributed by atoms with Crippen LogP contribution in [0.2, 0.25) is 0 Å². The molecule has 1 rings (SSSR count). The zero-order valence-corrected chi connectivity index (χ0v) is 16.0. The smallest absolute Gasteiger partial charge is 0.211 e. The highest BCUT2D eigenvalue weighted by atomic mass is 33.1. The lowest BCUT2D eigenvalue weighted by Crippen LogP contribution is -2.40. The van der Waals surface area contributed by atoms with Crippen molar-refractivity contribution in [2.45, 2.75) is 38.1 Å². The van der Waals surface area contributed by atoms with Gasteiger partial charge in [-0.05, 0) is 19.8 Å². The minimum absolute atomic E-state index is 0.0150. The van der Waals surface area contributed by atoms with Crippen LogP contribution in [0.4, 0.5) is 0 Å². The molecule has 0 unspecified atom stereocenters. The molecule has 0 radical (unpaired) electrons. The maximum Gasteiger partial charge on any atom is 0.211 e. The van der Waals surface area contributed by atoms with Crippen molar-refractivity contribution < 1.29 is 22.6 Å². The van der Waals surface area contributed by atoms with Crippen LogP contribution in [0.5, 0.6) is 0 Å². The van der Waals surface area contributed by atoms with Crippen LogP contribution in [0.3, 0.4) is 0 Å². The summed E-state index contributed by atoms with van der Waals surface area (Å²) in [5.74, 6) is 0.736. The lowest BCUT2D eigenvalue weighted by molar-refractivity contribution is -0.0901. The zero-order chi connectivity index (χ0) is 16.6.